The molecule has 2 aliphatic heterocycles. The Bertz CT molecular complexity index is 1320. The van der Waals surface area contributed by atoms with Crippen LogP contribution in [0.15, 0.2) is 47.6 Å². The Balaban J connectivity index is 1.31. The molecule has 2 aromatic rings. The molecule has 0 N–H and O–H groups in total. The first-order valence-electron chi connectivity index (χ1n) is 12.3. The van der Waals surface area contributed by atoms with E-state index < -0.39 is 42.9 Å². The predicted octanol–water partition coefficient (Wildman–Crippen LogP) is 4.56. The van der Waals surface area contributed by atoms with Crippen LogP contribution < -0.4 is 4.74 Å². The van der Waals surface area contributed by atoms with Gasteiger partial charge in [0.25, 0.3) is 0 Å². The van der Waals surface area contributed by atoms with Gasteiger partial charge in [-0.2, -0.15) is 17.5 Å². The molecule has 14 heteroatoms. The number of benzene rings is 1. The summed E-state index contributed by atoms with van der Waals surface area (Å²) in [6.07, 6.45) is 1.33. The van der Waals surface area contributed by atoms with E-state index >= 15 is 0 Å². The summed E-state index contributed by atoms with van der Waals surface area (Å²) in [4.78, 5) is 3.56. The van der Waals surface area contributed by atoms with Crippen molar-refractivity contribution in [1.29, 1.82) is 0 Å². The summed E-state index contributed by atoms with van der Waals surface area (Å²) in [5.41, 5.74) is -1.03. The maximum atomic E-state index is 13.2. The Labute approximate surface area is 225 Å². The van der Waals surface area contributed by atoms with E-state index in [1.54, 1.807) is 24.5 Å². The largest absolute Gasteiger partial charge is 0.490 e. The average Bonchev–Trinajstić information content (AvgIpc) is 3.34. The van der Waals surface area contributed by atoms with E-state index in [-0.39, 0.29) is 29.7 Å². The van der Waals surface area contributed by atoms with Gasteiger partial charge in [-0.15, -0.1) is 0 Å². The average molecular weight is 596 g/mol. The van der Waals surface area contributed by atoms with Crippen LogP contribution >= 0.6 is 11.6 Å². The standard InChI is InChI=1S/C24H29ClF3N3O5S2/c25-22-17-18(24(26,27)28)5-6-23(22)38(34,35)31-13-1-3-19(31)4-2-16-37(32,33)30-14-9-21(10-15-30)36-20-7-11-29-12-8-20/h5-8,11-12,17,19,21H,1-4,9-10,13-16H2/t19-/m0/s1. The molecule has 0 radical (unpaired) electrons. The minimum atomic E-state index is -4.64. The second-order valence-electron chi connectivity index (χ2n) is 9.41. The quantitative estimate of drug-likeness (QED) is 0.422. The summed E-state index contributed by atoms with van der Waals surface area (Å²) < 4.78 is 99.7. The van der Waals surface area contributed by atoms with Gasteiger partial charge in [-0.05, 0) is 68.9 Å². The molecule has 0 saturated carbocycles. The van der Waals surface area contributed by atoms with Crippen molar-refractivity contribution in [2.45, 2.75) is 61.7 Å². The Kier molecular flexibility index (Phi) is 8.92. The monoisotopic (exact) mass is 595 g/mol. The number of rotatable bonds is 9. The van der Waals surface area contributed by atoms with Crippen LogP contribution in [0.2, 0.25) is 5.02 Å². The van der Waals surface area contributed by atoms with Crippen molar-refractivity contribution in [3.63, 3.8) is 0 Å². The maximum absolute atomic E-state index is 13.2. The van der Waals surface area contributed by atoms with Crippen LogP contribution in [0.3, 0.4) is 0 Å². The minimum Gasteiger partial charge on any atom is -0.490 e. The fourth-order valence-electron chi connectivity index (χ4n) is 4.89. The van der Waals surface area contributed by atoms with Crippen LogP contribution in [0.1, 0.15) is 44.1 Å². The summed E-state index contributed by atoms with van der Waals surface area (Å²) in [5, 5.41) is -0.496. The van der Waals surface area contributed by atoms with Gasteiger partial charge in [0.15, 0.2) is 0 Å². The molecular weight excluding hydrogens is 567 g/mol. The van der Waals surface area contributed by atoms with Crippen molar-refractivity contribution in [3.8, 4) is 5.75 Å². The highest BCUT2D eigenvalue weighted by molar-refractivity contribution is 7.89. The van der Waals surface area contributed by atoms with Crippen LogP contribution in [0.4, 0.5) is 13.2 Å². The Morgan fingerprint density at radius 3 is 2.32 bits per heavy atom. The summed E-state index contributed by atoms with van der Waals surface area (Å²) in [5.74, 6) is 0.573. The number of hydrogen-bond donors (Lipinski definition) is 0. The number of piperidine rings is 1. The highest BCUT2D eigenvalue weighted by Crippen LogP contribution is 2.36. The van der Waals surface area contributed by atoms with Crippen LogP contribution in [0, 0.1) is 0 Å². The van der Waals surface area contributed by atoms with Gasteiger partial charge in [0, 0.05) is 38.1 Å². The zero-order valence-corrected chi connectivity index (χ0v) is 22.9. The third kappa shape index (κ3) is 6.79. The third-order valence-electron chi connectivity index (χ3n) is 6.86. The normalized spacial score (nSPS) is 20.6. The molecule has 210 valence electrons. The fourth-order valence-corrected chi connectivity index (χ4v) is 8.70. The molecule has 0 bridgehead atoms. The van der Waals surface area contributed by atoms with Gasteiger partial charge in [0.1, 0.15) is 16.7 Å². The molecule has 2 fully saturated rings. The molecule has 1 aromatic heterocycles. The Morgan fingerprint density at radius 2 is 1.68 bits per heavy atom. The number of sulfonamides is 2. The van der Waals surface area contributed by atoms with Crippen molar-refractivity contribution in [1.82, 2.24) is 13.6 Å². The smallest absolute Gasteiger partial charge is 0.416 e. The van der Waals surface area contributed by atoms with Crippen LogP contribution in [0.5, 0.6) is 5.75 Å². The molecule has 0 amide bonds. The van der Waals surface area contributed by atoms with Crippen molar-refractivity contribution in [2.24, 2.45) is 0 Å². The number of ether oxygens (including phenoxy) is 1. The van der Waals surface area contributed by atoms with Crippen molar-refractivity contribution < 1.29 is 34.7 Å². The van der Waals surface area contributed by atoms with Crippen molar-refractivity contribution >= 4 is 31.6 Å². The van der Waals surface area contributed by atoms with E-state index in [1.807, 2.05) is 0 Å². The van der Waals surface area contributed by atoms with Gasteiger partial charge in [0.2, 0.25) is 20.0 Å². The first kappa shape index (κ1) is 29.1. The highest BCUT2D eigenvalue weighted by atomic mass is 35.5. The lowest BCUT2D eigenvalue weighted by Crippen LogP contribution is -2.43. The van der Waals surface area contributed by atoms with E-state index in [2.05, 4.69) is 4.98 Å². The highest BCUT2D eigenvalue weighted by Gasteiger charge is 2.38. The van der Waals surface area contributed by atoms with Gasteiger partial charge < -0.3 is 4.74 Å². The number of alkyl halides is 3. The maximum Gasteiger partial charge on any atom is 0.416 e. The predicted molar refractivity (Wildman–Crippen MR) is 136 cm³/mol. The molecule has 0 unspecified atom stereocenters. The van der Waals surface area contributed by atoms with E-state index in [1.165, 1.54) is 8.61 Å². The zero-order chi connectivity index (χ0) is 27.6. The lowest BCUT2D eigenvalue weighted by molar-refractivity contribution is -0.137. The summed E-state index contributed by atoms with van der Waals surface area (Å²) in [6, 6.07) is 5.23. The molecular formula is C24H29ClF3N3O5S2. The molecule has 0 spiro atoms. The fraction of sp³-hybridized carbons (Fsp3) is 0.542. The number of nitrogens with zero attached hydrogens (tertiary/aromatic N) is 3. The third-order valence-corrected chi connectivity index (χ3v) is 11.2. The molecule has 1 atom stereocenters. The molecule has 4 rings (SSSR count). The molecule has 2 aliphatic rings. The summed E-state index contributed by atoms with van der Waals surface area (Å²) in [7, 11) is -7.67. The Morgan fingerprint density at radius 1 is 1.00 bits per heavy atom. The molecule has 38 heavy (non-hydrogen) atoms. The van der Waals surface area contributed by atoms with Crippen LogP contribution in [-0.4, -0.2) is 68.0 Å². The first-order valence-corrected chi connectivity index (χ1v) is 15.7. The molecule has 3 heterocycles. The van der Waals surface area contributed by atoms with Crippen LogP contribution in [0.25, 0.3) is 0 Å². The number of pyridine rings is 1. The molecule has 2 saturated heterocycles. The van der Waals surface area contributed by atoms with E-state index in [9.17, 15) is 30.0 Å². The molecule has 8 nitrogen and oxygen atoms in total. The molecule has 0 aliphatic carbocycles. The van der Waals surface area contributed by atoms with Crippen LogP contribution in [-0.2, 0) is 26.2 Å². The van der Waals surface area contributed by atoms with Crippen molar-refractivity contribution in [2.75, 3.05) is 25.4 Å². The zero-order valence-electron chi connectivity index (χ0n) is 20.5. The second-order valence-corrected chi connectivity index (χ2v) is 13.8. The first-order chi connectivity index (χ1) is 17.9. The van der Waals surface area contributed by atoms with Gasteiger partial charge >= 0.3 is 6.18 Å². The minimum absolute atomic E-state index is 0.0851. The van der Waals surface area contributed by atoms with Gasteiger partial charge in [-0.25, -0.2) is 21.1 Å². The summed E-state index contributed by atoms with van der Waals surface area (Å²) in [6.45, 7) is 0.880. The number of halogens is 4. The van der Waals surface area contributed by atoms with Gasteiger partial charge in [0.05, 0.1) is 16.3 Å². The number of hydrogen-bond acceptors (Lipinski definition) is 6. The lowest BCUT2D eigenvalue weighted by Gasteiger charge is -2.31. The molecule has 1 aromatic carbocycles. The van der Waals surface area contributed by atoms with E-state index in [0.29, 0.717) is 63.1 Å². The van der Waals surface area contributed by atoms with E-state index in [0.717, 1.165) is 6.07 Å². The summed E-state index contributed by atoms with van der Waals surface area (Å²) >= 11 is 5.95. The SMILES string of the molecule is O=S(=O)(CCC[C@@H]1CCCN1S(=O)(=O)c1ccc(C(F)(F)F)cc1Cl)N1CCC(Oc2ccncc2)CC1. The Hall–Kier alpha value is -1.93. The van der Waals surface area contributed by atoms with E-state index in [4.69, 9.17) is 16.3 Å². The number of aromatic nitrogens is 1. The van der Waals surface area contributed by atoms with Crippen molar-refractivity contribution in [3.05, 3.63) is 53.3 Å². The van der Waals surface area contributed by atoms with Gasteiger partial charge in [-0.3, -0.25) is 4.98 Å². The topological polar surface area (TPSA) is 96.9 Å². The lowest BCUT2D eigenvalue weighted by atomic mass is 10.1. The van der Waals surface area contributed by atoms with Gasteiger partial charge in [-0.1, -0.05) is 11.6 Å². The second kappa shape index (κ2) is 11.7.